The minimum absolute atomic E-state index is 0.129. The van der Waals surface area contributed by atoms with E-state index in [1.54, 1.807) is 0 Å². The van der Waals surface area contributed by atoms with Crippen LogP contribution < -0.4 is 0 Å². The molecule has 3 aromatic carbocycles. The summed E-state index contributed by atoms with van der Waals surface area (Å²) in [7, 11) is 0. The summed E-state index contributed by atoms with van der Waals surface area (Å²) in [6.07, 6.45) is 4.61. The molecule has 1 heteroatoms. The molecule has 0 amide bonds. The van der Waals surface area contributed by atoms with Crippen molar-refractivity contribution in [1.29, 1.82) is 0 Å². The highest BCUT2D eigenvalue weighted by Gasteiger charge is 2.22. The van der Waals surface area contributed by atoms with Gasteiger partial charge in [-0.1, -0.05) is 93.1 Å². The Bertz CT molecular complexity index is 927. The lowest BCUT2D eigenvalue weighted by atomic mass is 9.86. The van der Waals surface area contributed by atoms with Crippen LogP contribution >= 0.6 is 0 Å². The Morgan fingerprint density at radius 2 is 1.63 bits per heavy atom. The van der Waals surface area contributed by atoms with Gasteiger partial charge in [-0.3, -0.25) is 0 Å². The van der Waals surface area contributed by atoms with Crippen LogP contribution in [0.4, 0.5) is 0 Å². The molecule has 0 aliphatic rings. The van der Waals surface area contributed by atoms with Gasteiger partial charge in [0.25, 0.3) is 0 Å². The highest BCUT2D eigenvalue weighted by Crippen LogP contribution is 2.35. The summed E-state index contributed by atoms with van der Waals surface area (Å²) in [5.41, 5.74) is 6.88. The summed E-state index contributed by atoms with van der Waals surface area (Å²) in [4.78, 5) is 0. The largest absolute Gasteiger partial charge is 0.387 e. The van der Waals surface area contributed by atoms with E-state index in [1.165, 1.54) is 5.57 Å². The molecule has 0 aromatic heterocycles. The van der Waals surface area contributed by atoms with E-state index in [2.05, 4.69) is 56.0 Å². The maximum atomic E-state index is 11.4. The third-order valence-corrected chi connectivity index (χ3v) is 5.11. The number of hydrogen-bond acceptors (Lipinski definition) is 1. The zero-order valence-electron chi connectivity index (χ0n) is 16.2. The van der Waals surface area contributed by atoms with Crippen molar-refractivity contribution in [3.8, 4) is 0 Å². The van der Waals surface area contributed by atoms with Crippen molar-refractivity contribution >= 4 is 10.8 Å². The van der Waals surface area contributed by atoms with Gasteiger partial charge >= 0.3 is 0 Å². The van der Waals surface area contributed by atoms with Crippen LogP contribution in [0.5, 0.6) is 0 Å². The van der Waals surface area contributed by atoms with Crippen molar-refractivity contribution in [2.24, 2.45) is 0 Å². The fourth-order valence-corrected chi connectivity index (χ4v) is 3.61. The second-order valence-corrected chi connectivity index (χ2v) is 6.97. The van der Waals surface area contributed by atoms with Crippen LogP contribution in [0.25, 0.3) is 10.8 Å². The third kappa shape index (κ3) is 4.57. The average molecular weight is 357 g/mol. The van der Waals surface area contributed by atoms with Gasteiger partial charge in [-0.15, -0.1) is 5.73 Å². The van der Waals surface area contributed by atoms with Crippen LogP contribution in [0.2, 0.25) is 0 Å². The van der Waals surface area contributed by atoms with Crippen LogP contribution in [0, 0.1) is 0 Å². The van der Waals surface area contributed by atoms with Gasteiger partial charge in [0.1, 0.15) is 0 Å². The summed E-state index contributed by atoms with van der Waals surface area (Å²) < 4.78 is 0. The van der Waals surface area contributed by atoms with Crippen LogP contribution in [0.1, 0.15) is 56.3 Å². The Morgan fingerprint density at radius 3 is 2.37 bits per heavy atom. The molecule has 0 saturated heterocycles. The van der Waals surface area contributed by atoms with E-state index in [1.807, 2.05) is 42.5 Å². The Labute approximate surface area is 162 Å². The maximum absolute atomic E-state index is 11.4. The predicted octanol–water partition coefficient (Wildman–Crippen LogP) is 6.95. The molecule has 1 N–H and O–H groups in total. The minimum atomic E-state index is -0.620. The molecule has 27 heavy (non-hydrogen) atoms. The fourth-order valence-electron chi connectivity index (χ4n) is 3.61. The predicted molar refractivity (Wildman–Crippen MR) is 115 cm³/mol. The molecule has 2 atom stereocenters. The lowest BCUT2D eigenvalue weighted by Crippen LogP contribution is -2.09. The summed E-state index contributed by atoms with van der Waals surface area (Å²) in [5, 5.41) is 13.6. The smallest absolute Gasteiger partial charge is 0.0905 e. The Hall–Kier alpha value is -2.60. The topological polar surface area (TPSA) is 20.2 Å². The molecule has 0 bridgehead atoms. The van der Waals surface area contributed by atoms with Gasteiger partial charge in [-0.05, 0) is 46.4 Å². The van der Waals surface area contributed by atoms with Crippen molar-refractivity contribution < 1.29 is 5.11 Å². The van der Waals surface area contributed by atoms with Crippen molar-refractivity contribution in [3.63, 3.8) is 0 Å². The summed E-state index contributed by atoms with van der Waals surface area (Å²) in [6.45, 7) is 4.36. The number of rotatable bonds is 7. The summed E-state index contributed by atoms with van der Waals surface area (Å²) >= 11 is 0. The first kappa shape index (κ1) is 19.2. The van der Waals surface area contributed by atoms with E-state index in [9.17, 15) is 5.11 Å². The van der Waals surface area contributed by atoms with E-state index >= 15 is 0 Å². The summed E-state index contributed by atoms with van der Waals surface area (Å²) in [6, 6.07) is 24.6. The standard InChI is InChI=1S/C26H28O/c1-3-11-20(4-2)18-19-24(22-12-6-5-7-13-22)26(27)25-17-10-15-21-14-8-9-16-23(21)25/h5-10,12-17,19,24,26-27H,3-4,11H2,1-2H3/t18?,24-,26+/m0/s1. The number of aliphatic hydroxyl groups excluding tert-OH is 1. The molecule has 1 nitrogen and oxygen atoms in total. The van der Waals surface area contributed by atoms with Gasteiger partial charge in [0.15, 0.2) is 0 Å². The Morgan fingerprint density at radius 1 is 0.926 bits per heavy atom. The molecule has 0 saturated carbocycles. The van der Waals surface area contributed by atoms with Gasteiger partial charge in [-0.2, -0.15) is 0 Å². The van der Waals surface area contributed by atoms with Crippen LogP contribution in [-0.4, -0.2) is 5.11 Å². The third-order valence-electron chi connectivity index (χ3n) is 5.11. The normalized spacial score (nSPS) is 13.0. The van der Waals surface area contributed by atoms with Gasteiger partial charge in [0, 0.05) is 5.92 Å². The number of aliphatic hydroxyl groups is 1. The second-order valence-electron chi connectivity index (χ2n) is 6.97. The molecular weight excluding hydrogens is 328 g/mol. The molecule has 3 aromatic rings. The highest BCUT2D eigenvalue weighted by molar-refractivity contribution is 5.86. The van der Waals surface area contributed by atoms with E-state index in [0.29, 0.717) is 0 Å². The van der Waals surface area contributed by atoms with Gasteiger partial charge in [-0.25, -0.2) is 0 Å². The average Bonchev–Trinajstić information content (AvgIpc) is 2.73. The molecule has 0 radical (unpaired) electrons. The van der Waals surface area contributed by atoms with Crippen molar-refractivity contribution in [2.75, 3.05) is 0 Å². The van der Waals surface area contributed by atoms with Crippen molar-refractivity contribution in [3.05, 3.63) is 101 Å². The first-order valence-electron chi connectivity index (χ1n) is 9.89. The zero-order valence-corrected chi connectivity index (χ0v) is 16.2. The molecule has 138 valence electrons. The van der Waals surface area contributed by atoms with Gasteiger partial charge in [0.2, 0.25) is 0 Å². The summed E-state index contributed by atoms with van der Waals surface area (Å²) in [5.74, 6) is -0.129. The maximum Gasteiger partial charge on any atom is 0.0905 e. The molecule has 0 heterocycles. The minimum Gasteiger partial charge on any atom is -0.387 e. The molecule has 3 rings (SSSR count). The first-order chi connectivity index (χ1) is 13.2. The number of fused-ring (bicyclic) bond motifs is 1. The Balaban J connectivity index is 2.08. The molecule has 0 spiro atoms. The van der Waals surface area contributed by atoms with Gasteiger partial charge < -0.3 is 5.11 Å². The zero-order chi connectivity index (χ0) is 19.1. The van der Waals surface area contributed by atoms with Crippen LogP contribution in [-0.2, 0) is 0 Å². The van der Waals surface area contributed by atoms with E-state index in [4.69, 9.17) is 0 Å². The molecule has 0 fully saturated rings. The number of hydrogen-bond donors (Lipinski definition) is 1. The van der Waals surface area contributed by atoms with Crippen molar-refractivity contribution in [2.45, 2.75) is 45.1 Å². The second kappa shape index (κ2) is 9.37. The van der Waals surface area contributed by atoms with Gasteiger partial charge in [0.05, 0.1) is 6.10 Å². The van der Waals surface area contributed by atoms with Crippen molar-refractivity contribution in [1.82, 2.24) is 0 Å². The van der Waals surface area contributed by atoms with Crippen LogP contribution in [0.3, 0.4) is 0 Å². The van der Waals surface area contributed by atoms with E-state index in [-0.39, 0.29) is 5.92 Å². The lowest BCUT2D eigenvalue weighted by Gasteiger charge is -2.22. The van der Waals surface area contributed by atoms with E-state index in [0.717, 1.165) is 41.2 Å². The van der Waals surface area contributed by atoms with E-state index < -0.39 is 6.10 Å². The monoisotopic (exact) mass is 356 g/mol. The quantitative estimate of drug-likeness (QED) is 0.454. The van der Waals surface area contributed by atoms with Crippen LogP contribution in [0.15, 0.2) is 90.2 Å². The molecule has 0 aliphatic carbocycles. The molecule has 0 unspecified atom stereocenters. The SMILES string of the molecule is CCCC(=C=C[C@@H](c1ccccc1)[C@@H](O)c1cccc2ccccc12)CC. The first-order valence-corrected chi connectivity index (χ1v) is 9.89. The molecule has 0 aliphatic heterocycles. The fraction of sp³-hybridized carbons (Fsp3) is 0.269. The Kier molecular flexibility index (Phi) is 6.65. The highest BCUT2D eigenvalue weighted by atomic mass is 16.3. The lowest BCUT2D eigenvalue weighted by molar-refractivity contribution is 0.163. The number of benzene rings is 3. The molecular formula is C26H28O.